The SMILES string of the molecule is COc1ccc(CN(C(=O)CN(c2cc(OC)ccc2OC)S(C)(=O)=O)[C@@H](C)C(=O)NC2CCCCC2)cc1. The average Bonchev–Trinajstić information content (AvgIpc) is 2.94. The Balaban J connectivity index is 1.93. The minimum atomic E-state index is -3.92. The summed E-state index contributed by atoms with van der Waals surface area (Å²) in [6.45, 7) is 1.24. The van der Waals surface area contributed by atoms with E-state index in [1.165, 1.54) is 25.2 Å². The molecule has 39 heavy (non-hydrogen) atoms. The highest BCUT2D eigenvalue weighted by atomic mass is 32.2. The van der Waals surface area contributed by atoms with Gasteiger partial charge in [-0.2, -0.15) is 0 Å². The molecule has 0 heterocycles. The summed E-state index contributed by atoms with van der Waals surface area (Å²) in [4.78, 5) is 28.5. The van der Waals surface area contributed by atoms with Gasteiger partial charge in [0, 0.05) is 18.7 Å². The van der Waals surface area contributed by atoms with Crippen molar-refractivity contribution in [3.63, 3.8) is 0 Å². The van der Waals surface area contributed by atoms with E-state index in [2.05, 4.69) is 5.32 Å². The largest absolute Gasteiger partial charge is 0.497 e. The number of amides is 2. The van der Waals surface area contributed by atoms with E-state index in [0.29, 0.717) is 11.5 Å². The number of carbonyl (C=O) groups is 2. The first-order valence-electron chi connectivity index (χ1n) is 13.0. The maximum atomic E-state index is 13.8. The first-order valence-corrected chi connectivity index (χ1v) is 14.8. The van der Waals surface area contributed by atoms with Crippen LogP contribution in [0.3, 0.4) is 0 Å². The van der Waals surface area contributed by atoms with Gasteiger partial charge in [-0.1, -0.05) is 31.4 Å². The van der Waals surface area contributed by atoms with Gasteiger partial charge < -0.3 is 24.4 Å². The van der Waals surface area contributed by atoms with E-state index >= 15 is 0 Å². The number of nitrogens with zero attached hydrogens (tertiary/aromatic N) is 2. The quantitative estimate of drug-likeness (QED) is 0.423. The zero-order chi connectivity index (χ0) is 28.6. The van der Waals surface area contributed by atoms with Crippen molar-refractivity contribution < 1.29 is 32.2 Å². The minimum absolute atomic E-state index is 0.0696. The molecule has 0 radical (unpaired) electrons. The molecule has 0 bridgehead atoms. The summed E-state index contributed by atoms with van der Waals surface area (Å²) < 4.78 is 42.7. The van der Waals surface area contributed by atoms with Gasteiger partial charge in [0.2, 0.25) is 21.8 Å². The fourth-order valence-electron chi connectivity index (χ4n) is 4.67. The van der Waals surface area contributed by atoms with Crippen LogP contribution in [0.4, 0.5) is 5.69 Å². The molecule has 1 atom stereocenters. The molecule has 0 aromatic heterocycles. The van der Waals surface area contributed by atoms with Crippen LogP contribution in [0.2, 0.25) is 0 Å². The van der Waals surface area contributed by atoms with Gasteiger partial charge in [-0.15, -0.1) is 0 Å². The first kappa shape index (κ1) is 30.1. The van der Waals surface area contributed by atoms with E-state index < -0.39 is 28.5 Å². The van der Waals surface area contributed by atoms with Gasteiger partial charge in [-0.25, -0.2) is 8.42 Å². The number of sulfonamides is 1. The molecule has 1 N–H and O–H groups in total. The minimum Gasteiger partial charge on any atom is -0.497 e. The van der Waals surface area contributed by atoms with Crippen LogP contribution < -0.4 is 23.8 Å². The number of rotatable bonds is 12. The molecule has 0 unspecified atom stereocenters. The molecule has 0 spiro atoms. The number of benzene rings is 2. The van der Waals surface area contributed by atoms with Crippen LogP contribution in [-0.4, -0.2) is 71.3 Å². The summed E-state index contributed by atoms with van der Waals surface area (Å²) in [5, 5.41) is 3.09. The number of carbonyl (C=O) groups excluding carboxylic acids is 2. The second-order valence-electron chi connectivity index (χ2n) is 9.70. The van der Waals surface area contributed by atoms with Crippen molar-refractivity contribution in [3.8, 4) is 17.2 Å². The van der Waals surface area contributed by atoms with Gasteiger partial charge in [-0.3, -0.25) is 13.9 Å². The predicted molar refractivity (Wildman–Crippen MR) is 150 cm³/mol. The molecule has 10 nitrogen and oxygen atoms in total. The normalized spacial score (nSPS) is 14.7. The van der Waals surface area contributed by atoms with Gasteiger partial charge in [0.15, 0.2) is 0 Å². The summed E-state index contributed by atoms with van der Waals surface area (Å²) in [6.07, 6.45) is 6.09. The molecule has 214 valence electrons. The fraction of sp³-hybridized carbons (Fsp3) is 0.500. The Kier molecular flexibility index (Phi) is 10.4. The van der Waals surface area contributed by atoms with Gasteiger partial charge in [0.05, 0.1) is 33.3 Å². The standard InChI is InChI=1S/C28H39N3O7S/c1-20(28(33)29-22-9-7-6-8-10-22)30(18-21-11-13-23(36-2)14-12-21)27(32)19-31(39(5,34)35)25-17-24(37-3)15-16-26(25)38-4/h11-17,20,22H,6-10,18-19H2,1-5H3,(H,29,33)/t20-/m0/s1. The summed E-state index contributed by atoms with van der Waals surface area (Å²) in [5.41, 5.74) is 0.933. The van der Waals surface area contributed by atoms with Crippen molar-refractivity contribution in [2.75, 3.05) is 38.4 Å². The Morgan fingerprint density at radius 1 is 0.949 bits per heavy atom. The maximum absolute atomic E-state index is 13.8. The number of anilines is 1. The third-order valence-corrected chi connectivity index (χ3v) is 8.09. The van der Waals surface area contributed by atoms with Crippen LogP contribution in [0.5, 0.6) is 17.2 Å². The van der Waals surface area contributed by atoms with Crippen molar-refractivity contribution in [1.29, 1.82) is 0 Å². The monoisotopic (exact) mass is 561 g/mol. The van der Waals surface area contributed by atoms with Gasteiger partial charge in [-0.05, 0) is 49.6 Å². The van der Waals surface area contributed by atoms with Crippen LogP contribution in [0.1, 0.15) is 44.6 Å². The lowest BCUT2D eigenvalue weighted by Crippen LogP contribution is -2.53. The summed E-state index contributed by atoms with van der Waals surface area (Å²) >= 11 is 0. The van der Waals surface area contributed by atoms with E-state index in [-0.39, 0.29) is 29.9 Å². The molecule has 11 heteroatoms. The molecular weight excluding hydrogens is 522 g/mol. The summed E-state index contributed by atoms with van der Waals surface area (Å²) in [6, 6.07) is 11.1. The molecule has 2 aromatic rings. The first-order chi connectivity index (χ1) is 18.6. The molecule has 3 rings (SSSR count). The lowest BCUT2D eigenvalue weighted by molar-refractivity contribution is -0.139. The fourth-order valence-corrected chi connectivity index (χ4v) is 5.51. The smallest absolute Gasteiger partial charge is 0.244 e. The van der Waals surface area contributed by atoms with Crippen molar-refractivity contribution >= 4 is 27.5 Å². The highest BCUT2D eigenvalue weighted by Gasteiger charge is 2.32. The number of hydrogen-bond acceptors (Lipinski definition) is 7. The van der Waals surface area contributed by atoms with Crippen molar-refractivity contribution in [3.05, 3.63) is 48.0 Å². The van der Waals surface area contributed by atoms with Crippen LogP contribution in [0.15, 0.2) is 42.5 Å². The van der Waals surface area contributed by atoms with Crippen LogP contribution in [0.25, 0.3) is 0 Å². The molecule has 2 amide bonds. The molecule has 1 aliphatic rings. The predicted octanol–water partition coefficient (Wildman–Crippen LogP) is 3.34. The molecular formula is C28H39N3O7S. The van der Waals surface area contributed by atoms with Gasteiger partial charge in [0.1, 0.15) is 29.8 Å². The topological polar surface area (TPSA) is 114 Å². The van der Waals surface area contributed by atoms with Crippen molar-refractivity contribution in [2.24, 2.45) is 0 Å². The van der Waals surface area contributed by atoms with Crippen LogP contribution in [0, 0.1) is 0 Å². The molecule has 1 aliphatic carbocycles. The van der Waals surface area contributed by atoms with Crippen LogP contribution >= 0.6 is 0 Å². The van der Waals surface area contributed by atoms with Crippen LogP contribution in [-0.2, 0) is 26.2 Å². The second-order valence-corrected chi connectivity index (χ2v) is 11.6. The number of ether oxygens (including phenoxy) is 3. The highest BCUT2D eigenvalue weighted by molar-refractivity contribution is 7.92. The Bertz CT molecular complexity index is 1230. The average molecular weight is 562 g/mol. The lowest BCUT2D eigenvalue weighted by atomic mass is 9.95. The van der Waals surface area contributed by atoms with E-state index in [9.17, 15) is 18.0 Å². The van der Waals surface area contributed by atoms with E-state index in [1.54, 1.807) is 38.3 Å². The number of methoxy groups -OCH3 is 3. The molecule has 2 aromatic carbocycles. The Morgan fingerprint density at radius 3 is 2.13 bits per heavy atom. The van der Waals surface area contributed by atoms with E-state index in [0.717, 1.165) is 48.2 Å². The zero-order valence-corrected chi connectivity index (χ0v) is 24.1. The lowest BCUT2D eigenvalue weighted by Gasteiger charge is -2.33. The number of hydrogen-bond donors (Lipinski definition) is 1. The van der Waals surface area contributed by atoms with Gasteiger partial charge in [0.25, 0.3) is 0 Å². The zero-order valence-electron chi connectivity index (χ0n) is 23.3. The second kappa shape index (κ2) is 13.5. The molecule has 1 fully saturated rings. The molecule has 0 saturated heterocycles. The third kappa shape index (κ3) is 8.01. The Labute approximate surface area is 231 Å². The van der Waals surface area contributed by atoms with Crippen molar-refractivity contribution in [2.45, 2.75) is 57.7 Å². The van der Waals surface area contributed by atoms with Gasteiger partial charge >= 0.3 is 0 Å². The van der Waals surface area contributed by atoms with Crippen molar-refractivity contribution in [1.82, 2.24) is 10.2 Å². The maximum Gasteiger partial charge on any atom is 0.244 e. The van der Waals surface area contributed by atoms with E-state index in [4.69, 9.17) is 14.2 Å². The molecule has 1 saturated carbocycles. The molecule has 0 aliphatic heterocycles. The number of nitrogens with one attached hydrogen (secondary N) is 1. The Hall–Kier alpha value is -3.47. The Morgan fingerprint density at radius 2 is 1.56 bits per heavy atom. The highest BCUT2D eigenvalue weighted by Crippen LogP contribution is 2.34. The summed E-state index contributed by atoms with van der Waals surface area (Å²) in [5.74, 6) is 0.523. The van der Waals surface area contributed by atoms with E-state index in [1.807, 2.05) is 12.1 Å². The third-order valence-electron chi connectivity index (χ3n) is 6.96. The summed E-state index contributed by atoms with van der Waals surface area (Å²) in [7, 11) is 0.524.